The molecule has 0 saturated heterocycles. The predicted octanol–water partition coefficient (Wildman–Crippen LogP) is 11.9. The maximum absolute atomic E-state index is 4.56. The fourth-order valence-corrected chi connectivity index (χ4v) is 6.74. The summed E-state index contributed by atoms with van der Waals surface area (Å²) in [4.78, 5) is 9.09. The van der Waals surface area contributed by atoms with Gasteiger partial charge in [0.15, 0.2) is 0 Å². The molecule has 2 heterocycles. The van der Waals surface area contributed by atoms with Crippen molar-refractivity contribution in [1.29, 1.82) is 0 Å². The molecule has 2 heteroatoms. The van der Waals surface area contributed by atoms with Gasteiger partial charge in [-0.05, 0) is 101 Å². The fourth-order valence-electron chi connectivity index (χ4n) is 6.74. The maximum Gasteiger partial charge on any atom is 0.0717 e. The van der Waals surface area contributed by atoms with Crippen molar-refractivity contribution in [2.24, 2.45) is 0 Å². The van der Waals surface area contributed by atoms with Crippen LogP contribution in [-0.4, -0.2) is 9.97 Å². The Bertz CT molecular complexity index is 2320. The maximum atomic E-state index is 4.56. The first kappa shape index (κ1) is 27.9. The first-order chi connectivity index (χ1) is 22.4. The van der Waals surface area contributed by atoms with Crippen LogP contribution in [0.2, 0.25) is 0 Å². The fraction of sp³-hybridized carbons (Fsp3) is 0.0909. The Balaban J connectivity index is 1.30. The van der Waals surface area contributed by atoms with Gasteiger partial charge >= 0.3 is 0 Å². The molecule has 0 aliphatic rings. The lowest BCUT2D eigenvalue weighted by molar-refractivity contribution is 0.590. The Morgan fingerprint density at radius 1 is 0.435 bits per heavy atom. The minimum Gasteiger partial charge on any atom is -0.263 e. The van der Waals surface area contributed by atoms with Gasteiger partial charge in [0.05, 0.1) is 5.69 Å². The standard InChI is InChI=1S/C44H34N2/c1-44(2,3)36-21-19-30(20-22-36)42-37-10-4-6-12-39(37)43(40-13-7-5-11-38(40)42)32-18-16-29-15-17-31(24-33(29)25-32)34-26-35(28-45-27-34)41-14-8-9-23-46-41/h4-28H,1-3H3. The van der Waals surface area contributed by atoms with E-state index in [0.29, 0.717) is 0 Å². The number of pyridine rings is 2. The molecule has 0 aliphatic heterocycles. The third-order valence-electron chi connectivity index (χ3n) is 9.13. The Morgan fingerprint density at radius 3 is 1.59 bits per heavy atom. The van der Waals surface area contributed by atoms with Gasteiger partial charge < -0.3 is 0 Å². The number of nitrogens with zero attached hydrogens (tertiary/aromatic N) is 2. The number of fused-ring (bicyclic) bond motifs is 3. The molecule has 0 N–H and O–H groups in total. The average molecular weight is 591 g/mol. The molecule has 8 rings (SSSR count). The van der Waals surface area contributed by atoms with E-state index in [4.69, 9.17) is 0 Å². The van der Waals surface area contributed by atoms with Gasteiger partial charge in [0, 0.05) is 29.7 Å². The first-order valence-corrected chi connectivity index (χ1v) is 15.9. The minimum absolute atomic E-state index is 0.112. The quantitative estimate of drug-likeness (QED) is 0.191. The lowest BCUT2D eigenvalue weighted by atomic mass is 9.83. The molecule has 0 saturated carbocycles. The summed E-state index contributed by atoms with van der Waals surface area (Å²) in [5.74, 6) is 0. The monoisotopic (exact) mass is 590 g/mol. The molecule has 220 valence electrons. The molecule has 46 heavy (non-hydrogen) atoms. The zero-order valence-corrected chi connectivity index (χ0v) is 26.3. The zero-order valence-electron chi connectivity index (χ0n) is 26.3. The second kappa shape index (κ2) is 11.1. The van der Waals surface area contributed by atoms with Crippen molar-refractivity contribution in [3.63, 3.8) is 0 Å². The van der Waals surface area contributed by atoms with Gasteiger partial charge in [0.1, 0.15) is 0 Å². The number of benzene rings is 6. The summed E-state index contributed by atoms with van der Waals surface area (Å²) < 4.78 is 0. The summed E-state index contributed by atoms with van der Waals surface area (Å²) in [6.45, 7) is 6.80. The third-order valence-corrected chi connectivity index (χ3v) is 9.13. The molecular weight excluding hydrogens is 556 g/mol. The molecule has 0 aliphatic carbocycles. The van der Waals surface area contributed by atoms with Crippen LogP contribution in [0.5, 0.6) is 0 Å². The molecule has 0 unspecified atom stereocenters. The van der Waals surface area contributed by atoms with Crippen LogP contribution in [0.25, 0.3) is 77.0 Å². The van der Waals surface area contributed by atoms with Crippen LogP contribution in [0.15, 0.2) is 152 Å². The van der Waals surface area contributed by atoms with E-state index in [1.807, 2.05) is 36.8 Å². The SMILES string of the molecule is CC(C)(C)c1ccc(-c2c3ccccc3c(-c3ccc4ccc(-c5cncc(-c6ccccn6)c5)cc4c3)c3ccccc23)cc1. The van der Waals surface area contributed by atoms with E-state index in [1.54, 1.807) is 0 Å². The van der Waals surface area contributed by atoms with E-state index >= 15 is 0 Å². The van der Waals surface area contributed by atoms with Crippen LogP contribution in [0.4, 0.5) is 0 Å². The van der Waals surface area contributed by atoms with Crippen molar-refractivity contribution in [1.82, 2.24) is 9.97 Å². The van der Waals surface area contributed by atoms with E-state index in [0.717, 1.165) is 22.4 Å². The molecule has 8 aromatic rings. The lowest BCUT2D eigenvalue weighted by Crippen LogP contribution is -2.10. The van der Waals surface area contributed by atoms with E-state index in [2.05, 4.69) is 146 Å². The molecule has 0 bridgehead atoms. The summed E-state index contributed by atoms with van der Waals surface area (Å²) >= 11 is 0. The highest BCUT2D eigenvalue weighted by Crippen LogP contribution is 2.44. The van der Waals surface area contributed by atoms with Gasteiger partial charge in [-0.1, -0.05) is 124 Å². The van der Waals surface area contributed by atoms with Crippen molar-refractivity contribution in [2.45, 2.75) is 26.2 Å². The number of hydrogen-bond donors (Lipinski definition) is 0. The second-order valence-electron chi connectivity index (χ2n) is 13.1. The van der Waals surface area contributed by atoms with Gasteiger partial charge in [0.2, 0.25) is 0 Å². The molecule has 2 nitrogen and oxygen atoms in total. The normalized spacial score (nSPS) is 11.8. The van der Waals surface area contributed by atoms with Crippen molar-refractivity contribution < 1.29 is 0 Å². The van der Waals surface area contributed by atoms with Crippen LogP contribution >= 0.6 is 0 Å². The van der Waals surface area contributed by atoms with Gasteiger partial charge in [-0.3, -0.25) is 9.97 Å². The van der Waals surface area contributed by atoms with Gasteiger partial charge in [-0.15, -0.1) is 0 Å². The Kier molecular flexibility index (Phi) is 6.73. The van der Waals surface area contributed by atoms with Gasteiger partial charge in [0.25, 0.3) is 0 Å². The summed E-state index contributed by atoms with van der Waals surface area (Å²) in [5.41, 5.74) is 10.6. The number of aromatic nitrogens is 2. The van der Waals surface area contributed by atoms with Crippen LogP contribution in [0.3, 0.4) is 0 Å². The summed E-state index contributed by atoms with van der Waals surface area (Å²) in [5, 5.41) is 7.48. The highest BCUT2D eigenvalue weighted by atomic mass is 14.7. The highest BCUT2D eigenvalue weighted by molar-refractivity contribution is 6.21. The third kappa shape index (κ3) is 4.93. The summed E-state index contributed by atoms with van der Waals surface area (Å²) in [6.07, 6.45) is 5.64. The van der Waals surface area contributed by atoms with E-state index in [-0.39, 0.29) is 5.41 Å². The molecule has 2 aromatic heterocycles. The van der Waals surface area contributed by atoms with E-state index < -0.39 is 0 Å². The van der Waals surface area contributed by atoms with Crippen LogP contribution < -0.4 is 0 Å². The average Bonchev–Trinajstić information content (AvgIpc) is 3.10. The summed E-state index contributed by atoms with van der Waals surface area (Å²) in [6, 6.07) is 48.6. The smallest absolute Gasteiger partial charge is 0.0717 e. The van der Waals surface area contributed by atoms with Crippen LogP contribution in [0, 0.1) is 0 Å². The minimum atomic E-state index is 0.112. The largest absolute Gasteiger partial charge is 0.263 e. The van der Waals surface area contributed by atoms with Crippen LogP contribution in [-0.2, 0) is 5.41 Å². The van der Waals surface area contributed by atoms with Gasteiger partial charge in [-0.2, -0.15) is 0 Å². The molecule has 0 atom stereocenters. The number of hydrogen-bond acceptors (Lipinski definition) is 2. The van der Waals surface area contributed by atoms with Gasteiger partial charge in [-0.25, -0.2) is 0 Å². The Hall–Kier alpha value is -5.60. The van der Waals surface area contributed by atoms with Crippen molar-refractivity contribution in [3.05, 3.63) is 158 Å². The predicted molar refractivity (Wildman–Crippen MR) is 195 cm³/mol. The number of rotatable bonds is 4. The summed E-state index contributed by atoms with van der Waals surface area (Å²) in [7, 11) is 0. The molecule has 0 spiro atoms. The van der Waals surface area contributed by atoms with Crippen LogP contribution in [0.1, 0.15) is 26.3 Å². The second-order valence-corrected chi connectivity index (χ2v) is 13.1. The molecular formula is C44H34N2. The van der Waals surface area contributed by atoms with Crippen molar-refractivity contribution in [3.8, 4) is 44.6 Å². The highest BCUT2D eigenvalue weighted by Gasteiger charge is 2.18. The lowest BCUT2D eigenvalue weighted by Gasteiger charge is -2.21. The van der Waals surface area contributed by atoms with Crippen molar-refractivity contribution in [2.75, 3.05) is 0 Å². The Morgan fingerprint density at radius 2 is 0.978 bits per heavy atom. The molecule has 6 aromatic carbocycles. The first-order valence-electron chi connectivity index (χ1n) is 15.9. The Labute approximate surface area is 270 Å². The van der Waals surface area contributed by atoms with Crippen molar-refractivity contribution >= 4 is 32.3 Å². The van der Waals surface area contributed by atoms with E-state index in [9.17, 15) is 0 Å². The molecule has 0 amide bonds. The molecule has 0 fully saturated rings. The zero-order chi connectivity index (χ0) is 31.3. The molecule has 0 radical (unpaired) electrons. The topological polar surface area (TPSA) is 25.8 Å². The van der Waals surface area contributed by atoms with E-state index in [1.165, 1.54) is 60.1 Å².